The number of hydrogen-bond donors (Lipinski definition) is 1. The van der Waals surface area contributed by atoms with Gasteiger partial charge < -0.3 is 10.2 Å². The molecule has 0 unspecified atom stereocenters. The molecule has 0 spiro atoms. The maximum absolute atomic E-state index is 12.1. The molecule has 9 nitrogen and oxygen atoms in total. The number of amides is 2. The number of sulfonamides is 1. The van der Waals surface area contributed by atoms with E-state index in [1.54, 1.807) is 4.90 Å². The van der Waals surface area contributed by atoms with E-state index in [1.165, 1.54) is 4.31 Å². The lowest BCUT2D eigenvalue weighted by molar-refractivity contribution is -0.134. The van der Waals surface area contributed by atoms with E-state index in [0.29, 0.717) is 19.5 Å². The van der Waals surface area contributed by atoms with Crippen LogP contribution in [-0.4, -0.2) is 87.8 Å². The fourth-order valence-electron chi connectivity index (χ4n) is 2.86. The van der Waals surface area contributed by atoms with E-state index in [4.69, 9.17) is 0 Å². The second kappa shape index (κ2) is 7.36. The third-order valence-electron chi connectivity index (χ3n) is 4.22. The van der Waals surface area contributed by atoms with Gasteiger partial charge in [0.2, 0.25) is 21.8 Å². The number of nitrogens with zero attached hydrogens (tertiary/aromatic N) is 2. The molecule has 1 atom stereocenters. The van der Waals surface area contributed by atoms with Gasteiger partial charge in [0.25, 0.3) is 0 Å². The first-order valence-electron chi connectivity index (χ1n) is 7.79. The van der Waals surface area contributed by atoms with Gasteiger partial charge in [-0.05, 0) is 6.42 Å². The number of carbonyl (C=O) groups excluding carboxylic acids is 2. The predicted octanol–water partition coefficient (Wildman–Crippen LogP) is -1.83. The summed E-state index contributed by atoms with van der Waals surface area (Å²) in [5, 5.41) is 2.64. The zero-order chi connectivity index (χ0) is 18.0. The van der Waals surface area contributed by atoms with Gasteiger partial charge in [-0.25, -0.2) is 16.8 Å². The van der Waals surface area contributed by atoms with Gasteiger partial charge in [-0.2, -0.15) is 4.31 Å². The van der Waals surface area contributed by atoms with E-state index >= 15 is 0 Å². The Morgan fingerprint density at radius 1 is 1.12 bits per heavy atom. The number of nitrogens with one attached hydrogen (secondary N) is 1. The van der Waals surface area contributed by atoms with Crippen molar-refractivity contribution < 1.29 is 26.4 Å². The van der Waals surface area contributed by atoms with Crippen LogP contribution in [0.4, 0.5) is 0 Å². The summed E-state index contributed by atoms with van der Waals surface area (Å²) in [5.41, 5.74) is 0. The van der Waals surface area contributed by atoms with Crippen LogP contribution in [0.2, 0.25) is 0 Å². The SMILES string of the molecule is CS(=O)(=O)N1CCN(C(=O)CCC(=O)N[C@H]2CCS(=O)(=O)C2)CC1. The molecule has 1 N–H and O–H groups in total. The molecule has 0 aromatic heterocycles. The van der Waals surface area contributed by atoms with Crippen LogP contribution in [0.3, 0.4) is 0 Å². The van der Waals surface area contributed by atoms with E-state index in [-0.39, 0.29) is 55.3 Å². The van der Waals surface area contributed by atoms with E-state index < -0.39 is 19.9 Å². The maximum Gasteiger partial charge on any atom is 0.223 e. The highest BCUT2D eigenvalue weighted by Crippen LogP contribution is 2.12. The average molecular weight is 381 g/mol. The van der Waals surface area contributed by atoms with Crippen molar-refractivity contribution in [2.24, 2.45) is 0 Å². The van der Waals surface area contributed by atoms with Crippen molar-refractivity contribution in [2.45, 2.75) is 25.3 Å². The van der Waals surface area contributed by atoms with Gasteiger partial charge in [0.1, 0.15) is 0 Å². The van der Waals surface area contributed by atoms with Gasteiger partial charge in [0, 0.05) is 45.1 Å². The third-order valence-corrected chi connectivity index (χ3v) is 7.29. The summed E-state index contributed by atoms with van der Waals surface area (Å²) in [6, 6.07) is -0.365. The van der Waals surface area contributed by atoms with Crippen molar-refractivity contribution in [3.05, 3.63) is 0 Å². The Kier molecular flexibility index (Phi) is 5.87. The summed E-state index contributed by atoms with van der Waals surface area (Å²) >= 11 is 0. The lowest BCUT2D eigenvalue weighted by Crippen LogP contribution is -2.50. The summed E-state index contributed by atoms with van der Waals surface area (Å²) in [7, 11) is -6.29. The largest absolute Gasteiger partial charge is 0.352 e. The summed E-state index contributed by atoms with van der Waals surface area (Å²) in [6.45, 7) is 1.15. The zero-order valence-electron chi connectivity index (χ0n) is 13.6. The molecule has 11 heteroatoms. The molecule has 24 heavy (non-hydrogen) atoms. The fraction of sp³-hybridized carbons (Fsp3) is 0.846. The predicted molar refractivity (Wildman–Crippen MR) is 87.4 cm³/mol. The number of hydrogen-bond acceptors (Lipinski definition) is 6. The second-order valence-corrected chi connectivity index (χ2v) is 10.4. The summed E-state index contributed by atoms with van der Waals surface area (Å²) < 4.78 is 46.8. The summed E-state index contributed by atoms with van der Waals surface area (Å²) in [5.74, 6) is -0.487. The molecule has 0 aromatic carbocycles. The Labute approximate surface area is 142 Å². The Hall–Kier alpha value is -1.20. The molecule has 2 saturated heterocycles. The molecule has 2 fully saturated rings. The lowest BCUT2D eigenvalue weighted by atomic mass is 10.2. The van der Waals surface area contributed by atoms with Crippen LogP contribution >= 0.6 is 0 Å². The Morgan fingerprint density at radius 3 is 2.25 bits per heavy atom. The zero-order valence-corrected chi connectivity index (χ0v) is 15.2. The first kappa shape index (κ1) is 19.1. The van der Waals surface area contributed by atoms with Crippen molar-refractivity contribution in [1.82, 2.24) is 14.5 Å². The molecule has 2 aliphatic heterocycles. The number of rotatable bonds is 5. The topological polar surface area (TPSA) is 121 Å². The Bertz CT molecular complexity index is 695. The van der Waals surface area contributed by atoms with Crippen LogP contribution in [0.25, 0.3) is 0 Å². The second-order valence-electron chi connectivity index (χ2n) is 6.21. The van der Waals surface area contributed by atoms with Crippen molar-refractivity contribution in [3.8, 4) is 0 Å². The fourth-order valence-corrected chi connectivity index (χ4v) is 5.36. The first-order valence-corrected chi connectivity index (χ1v) is 11.5. The minimum absolute atomic E-state index is 0.00166. The van der Waals surface area contributed by atoms with Gasteiger partial charge in [-0.1, -0.05) is 0 Å². The third kappa shape index (κ3) is 5.42. The standard InChI is InChI=1S/C13H23N3O6S2/c1-23(19,20)16-7-5-15(6-8-16)13(18)3-2-12(17)14-11-4-9-24(21,22)10-11/h11H,2-10H2,1H3,(H,14,17)/t11-/m0/s1. The molecule has 0 aliphatic carbocycles. The number of sulfone groups is 1. The van der Waals surface area contributed by atoms with Gasteiger partial charge in [0.15, 0.2) is 9.84 Å². The molecule has 0 radical (unpaired) electrons. The molecular formula is C13H23N3O6S2. The minimum Gasteiger partial charge on any atom is -0.352 e. The molecule has 0 bridgehead atoms. The number of piperazine rings is 1. The maximum atomic E-state index is 12.1. The summed E-state index contributed by atoms with van der Waals surface area (Å²) in [4.78, 5) is 25.4. The lowest BCUT2D eigenvalue weighted by Gasteiger charge is -2.33. The molecule has 0 saturated carbocycles. The molecular weight excluding hydrogens is 358 g/mol. The Morgan fingerprint density at radius 2 is 1.75 bits per heavy atom. The van der Waals surface area contributed by atoms with E-state index in [9.17, 15) is 26.4 Å². The van der Waals surface area contributed by atoms with E-state index in [1.807, 2.05) is 0 Å². The van der Waals surface area contributed by atoms with E-state index in [2.05, 4.69) is 5.32 Å². The molecule has 0 aromatic rings. The van der Waals surface area contributed by atoms with Crippen molar-refractivity contribution in [1.29, 1.82) is 0 Å². The van der Waals surface area contributed by atoms with Gasteiger partial charge in [0.05, 0.1) is 17.8 Å². The van der Waals surface area contributed by atoms with Gasteiger partial charge in [-0.15, -0.1) is 0 Å². The normalized spacial score (nSPS) is 24.7. The average Bonchev–Trinajstić information content (AvgIpc) is 2.83. The van der Waals surface area contributed by atoms with Crippen LogP contribution in [0.15, 0.2) is 0 Å². The molecule has 2 heterocycles. The molecule has 2 rings (SSSR count). The summed E-state index contributed by atoms with van der Waals surface area (Å²) in [6.07, 6.45) is 1.58. The van der Waals surface area contributed by atoms with Gasteiger partial charge in [-0.3, -0.25) is 9.59 Å². The highest BCUT2D eigenvalue weighted by Gasteiger charge is 2.29. The number of carbonyl (C=O) groups is 2. The highest BCUT2D eigenvalue weighted by molar-refractivity contribution is 7.91. The van der Waals surface area contributed by atoms with Crippen molar-refractivity contribution in [2.75, 3.05) is 43.9 Å². The van der Waals surface area contributed by atoms with Crippen LogP contribution in [0, 0.1) is 0 Å². The Balaban J connectivity index is 1.71. The van der Waals surface area contributed by atoms with Gasteiger partial charge >= 0.3 is 0 Å². The van der Waals surface area contributed by atoms with Crippen LogP contribution in [0.1, 0.15) is 19.3 Å². The smallest absolute Gasteiger partial charge is 0.223 e. The molecule has 2 aliphatic rings. The highest BCUT2D eigenvalue weighted by atomic mass is 32.2. The molecule has 138 valence electrons. The van der Waals surface area contributed by atoms with E-state index in [0.717, 1.165) is 6.26 Å². The van der Waals surface area contributed by atoms with Crippen LogP contribution in [-0.2, 0) is 29.4 Å². The van der Waals surface area contributed by atoms with Crippen LogP contribution < -0.4 is 5.32 Å². The van der Waals surface area contributed by atoms with Crippen LogP contribution in [0.5, 0.6) is 0 Å². The minimum atomic E-state index is -3.24. The van der Waals surface area contributed by atoms with Crippen molar-refractivity contribution in [3.63, 3.8) is 0 Å². The quantitative estimate of drug-likeness (QED) is 0.598. The monoisotopic (exact) mass is 381 g/mol. The van der Waals surface area contributed by atoms with Crippen molar-refractivity contribution >= 4 is 31.7 Å². The molecule has 2 amide bonds. The first-order chi connectivity index (χ1) is 11.1.